The summed E-state index contributed by atoms with van der Waals surface area (Å²) < 4.78 is 11.5. The van der Waals surface area contributed by atoms with E-state index < -0.39 is 0 Å². The molecule has 0 aliphatic rings. The van der Waals surface area contributed by atoms with Crippen molar-refractivity contribution in [1.82, 2.24) is 0 Å². The summed E-state index contributed by atoms with van der Waals surface area (Å²) in [6.07, 6.45) is 0.471. The van der Waals surface area contributed by atoms with Gasteiger partial charge in [0, 0.05) is 30.0 Å². The largest absolute Gasteiger partial charge is 0.490 e. The van der Waals surface area contributed by atoms with E-state index in [0.29, 0.717) is 47.7 Å². The van der Waals surface area contributed by atoms with Crippen LogP contribution in [0.15, 0.2) is 60.7 Å². The number of anilines is 3. The Kier molecular flexibility index (Phi) is 10.2. The van der Waals surface area contributed by atoms with Gasteiger partial charge in [0.1, 0.15) is 0 Å². The molecule has 37 heavy (non-hydrogen) atoms. The molecule has 0 heterocycles. The first-order valence-corrected chi connectivity index (χ1v) is 12.7. The Hall–Kier alpha value is -3.71. The molecule has 7 nitrogen and oxygen atoms in total. The van der Waals surface area contributed by atoms with Gasteiger partial charge in [0.25, 0.3) is 5.91 Å². The van der Waals surface area contributed by atoms with Crippen LogP contribution in [-0.4, -0.2) is 25.0 Å². The molecule has 0 bridgehead atoms. The lowest BCUT2D eigenvalue weighted by Crippen LogP contribution is -2.20. The predicted molar refractivity (Wildman–Crippen MR) is 150 cm³/mol. The Labute approximate surface area is 223 Å². The molecule has 0 fully saturated rings. The van der Waals surface area contributed by atoms with E-state index >= 15 is 0 Å². The fourth-order valence-corrected chi connectivity index (χ4v) is 3.88. The molecule has 3 rings (SSSR count). The van der Waals surface area contributed by atoms with E-state index in [1.807, 2.05) is 82.3 Å². The Morgan fingerprint density at radius 2 is 1.59 bits per heavy atom. The van der Waals surface area contributed by atoms with Crippen molar-refractivity contribution in [3.8, 4) is 11.5 Å². The molecule has 0 saturated carbocycles. The van der Waals surface area contributed by atoms with E-state index in [9.17, 15) is 9.59 Å². The van der Waals surface area contributed by atoms with E-state index in [0.717, 1.165) is 22.5 Å². The number of amides is 2. The van der Waals surface area contributed by atoms with Gasteiger partial charge in [-0.25, -0.2) is 0 Å². The monoisotopic (exact) mass is 523 g/mol. The van der Waals surface area contributed by atoms with Gasteiger partial charge >= 0.3 is 0 Å². The molecular formula is C29H34ClN3O4. The first kappa shape index (κ1) is 27.9. The van der Waals surface area contributed by atoms with E-state index in [4.69, 9.17) is 21.1 Å². The maximum absolute atomic E-state index is 12.4. The molecule has 3 aromatic rings. The third kappa shape index (κ3) is 9.03. The Morgan fingerprint density at radius 1 is 0.892 bits per heavy atom. The summed E-state index contributed by atoms with van der Waals surface area (Å²) in [4.78, 5) is 24.5. The number of hydrogen-bond donors (Lipinski definition) is 3. The van der Waals surface area contributed by atoms with Crippen molar-refractivity contribution in [2.24, 2.45) is 5.92 Å². The molecule has 196 valence electrons. The molecule has 0 radical (unpaired) electrons. The fraction of sp³-hybridized carbons (Fsp3) is 0.310. The van der Waals surface area contributed by atoms with Crippen LogP contribution in [0.5, 0.6) is 11.5 Å². The molecular weight excluding hydrogens is 490 g/mol. The van der Waals surface area contributed by atoms with Crippen LogP contribution in [0.1, 0.15) is 38.3 Å². The number of hydrogen-bond acceptors (Lipinski definition) is 5. The third-order valence-corrected chi connectivity index (χ3v) is 5.57. The lowest BCUT2D eigenvalue weighted by atomic mass is 10.1. The van der Waals surface area contributed by atoms with Crippen molar-refractivity contribution >= 4 is 40.5 Å². The van der Waals surface area contributed by atoms with Gasteiger partial charge in [0.05, 0.1) is 11.6 Å². The van der Waals surface area contributed by atoms with E-state index in [1.54, 1.807) is 6.07 Å². The molecule has 3 aromatic carbocycles. The van der Waals surface area contributed by atoms with Gasteiger partial charge in [-0.1, -0.05) is 49.2 Å². The predicted octanol–water partition coefficient (Wildman–Crippen LogP) is 6.66. The average Bonchev–Trinajstić information content (AvgIpc) is 2.83. The fourth-order valence-electron chi connectivity index (χ4n) is 3.59. The molecule has 0 aliphatic heterocycles. The first-order chi connectivity index (χ1) is 17.7. The first-order valence-electron chi connectivity index (χ1n) is 12.3. The van der Waals surface area contributed by atoms with Crippen LogP contribution in [0.2, 0.25) is 5.02 Å². The second kappa shape index (κ2) is 13.6. The molecule has 0 unspecified atom stereocenters. The second-order valence-electron chi connectivity index (χ2n) is 9.12. The summed E-state index contributed by atoms with van der Waals surface area (Å²) in [5.74, 6) is 0.767. The Balaban J connectivity index is 1.63. The highest BCUT2D eigenvalue weighted by atomic mass is 35.5. The zero-order valence-corrected chi connectivity index (χ0v) is 22.4. The zero-order valence-electron chi connectivity index (χ0n) is 21.7. The van der Waals surface area contributed by atoms with Crippen LogP contribution < -0.4 is 25.4 Å². The number of carbonyl (C=O) groups is 2. The standard InChI is InChI=1S/C29H34ClN3O4/c1-5-36-26-15-21(17-31-23-7-6-8-24(16-23)33-27(34)13-19(2)3)14-25(30)29(26)37-18-28(35)32-22-11-9-20(4)10-12-22/h6-12,14-16,19,31H,5,13,17-18H2,1-4H3,(H,32,35)(H,33,34). The summed E-state index contributed by atoms with van der Waals surface area (Å²) in [5, 5.41) is 9.42. The number of carbonyl (C=O) groups excluding carboxylic acids is 2. The SMILES string of the molecule is CCOc1cc(CNc2cccc(NC(=O)CC(C)C)c2)cc(Cl)c1OCC(=O)Nc1ccc(C)cc1. The number of halogens is 1. The zero-order chi connectivity index (χ0) is 26.8. The van der Waals surface area contributed by atoms with Crippen LogP contribution >= 0.6 is 11.6 Å². The lowest BCUT2D eigenvalue weighted by Gasteiger charge is -2.16. The smallest absolute Gasteiger partial charge is 0.262 e. The van der Waals surface area contributed by atoms with E-state index in [1.165, 1.54) is 0 Å². The maximum atomic E-state index is 12.4. The summed E-state index contributed by atoms with van der Waals surface area (Å²) in [6, 6.07) is 18.7. The highest BCUT2D eigenvalue weighted by Crippen LogP contribution is 2.37. The second-order valence-corrected chi connectivity index (χ2v) is 9.53. The van der Waals surface area contributed by atoms with Crippen LogP contribution in [0, 0.1) is 12.8 Å². The molecule has 0 saturated heterocycles. The van der Waals surface area contributed by atoms with Gasteiger partial charge in [-0.05, 0) is 67.8 Å². The number of ether oxygens (including phenoxy) is 2. The summed E-state index contributed by atoms with van der Waals surface area (Å²) >= 11 is 6.53. The van der Waals surface area contributed by atoms with Crippen molar-refractivity contribution in [2.45, 2.75) is 40.7 Å². The van der Waals surface area contributed by atoms with Gasteiger partial charge in [-0.3, -0.25) is 9.59 Å². The summed E-state index contributed by atoms with van der Waals surface area (Å²) in [7, 11) is 0. The van der Waals surface area contributed by atoms with Crippen molar-refractivity contribution < 1.29 is 19.1 Å². The number of nitrogens with one attached hydrogen (secondary N) is 3. The topological polar surface area (TPSA) is 88.7 Å². The minimum Gasteiger partial charge on any atom is -0.490 e. The van der Waals surface area contributed by atoms with Crippen LogP contribution in [0.3, 0.4) is 0 Å². The molecule has 0 aromatic heterocycles. The number of aryl methyl sites for hydroxylation is 1. The minimum absolute atomic E-state index is 0.0107. The van der Waals surface area contributed by atoms with Gasteiger partial charge in [0.2, 0.25) is 5.91 Å². The van der Waals surface area contributed by atoms with Crippen LogP contribution in [0.4, 0.5) is 17.1 Å². The van der Waals surface area contributed by atoms with Crippen LogP contribution in [-0.2, 0) is 16.1 Å². The van der Waals surface area contributed by atoms with Crippen molar-refractivity contribution in [3.63, 3.8) is 0 Å². The van der Waals surface area contributed by atoms with Gasteiger partial charge in [0.15, 0.2) is 18.1 Å². The van der Waals surface area contributed by atoms with Gasteiger partial charge in [-0.15, -0.1) is 0 Å². The quantitative estimate of drug-likeness (QED) is 0.247. The normalized spacial score (nSPS) is 10.6. The Morgan fingerprint density at radius 3 is 2.30 bits per heavy atom. The third-order valence-electron chi connectivity index (χ3n) is 5.29. The summed E-state index contributed by atoms with van der Waals surface area (Å²) in [6.45, 7) is 8.54. The molecule has 2 amide bonds. The number of benzene rings is 3. The van der Waals surface area contributed by atoms with Crippen molar-refractivity contribution in [1.29, 1.82) is 0 Å². The number of rotatable bonds is 12. The average molecular weight is 524 g/mol. The highest BCUT2D eigenvalue weighted by molar-refractivity contribution is 6.32. The molecule has 0 atom stereocenters. The molecule has 0 aliphatic carbocycles. The van der Waals surface area contributed by atoms with Crippen molar-refractivity contribution in [3.05, 3.63) is 76.8 Å². The van der Waals surface area contributed by atoms with Crippen LogP contribution in [0.25, 0.3) is 0 Å². The van der Waals surface area contributed by atoms with Gasteiger partial charge < -0.3 is 25.4 Å². The van der Waals surface area contributed by atoms with E-state index in [2.05, 4.69) is 16.0 Å². The molecule has 0 spiro atoms. The highest BCUT2D eigenvalue weighted by Gasteiger charge is 2.15. The van der Waals surface area contributed by atoms with E-state index in [-0.39, 0.29) is 18.4 Å². The van der Waals surface area contributed by atoms with Gasteiger partial charge in [-0.2, -0.15) is 0 Å². The molecule has 8 heteroatoms. The lowest BCUT2D eigenvalue weighted by molar-refractivity contribution is -0.118. The Bertz CT molecular complexity index is 1210. The minimum atomic E-state index is -0.298. The molecule has 3 N–H and O–H groups in total. The van der Waals surface area contributed by atoms with Crippen molar-refractivity contribution in [2.75, 3.05) is 29.2 Å². The maximum Gasteiger partial charge on any atom is 0.262 e. The summed E-state index contributed by atoms with van der Waals surface area (Å²) in [5.41, 5.74) is 4.26.